The Labute approximate surface area is 110 Å². The standard InChI is InChI=1S/C11H14BF3NO2S/c13-12(14,15)11-3-1-10(2-4-11)9-16-5-7-19(17,18)8-6-16/h1-4H,5-9H2/q-1. The number of hydrogen-bond acceptors (Lipinski definition) is 3. The van der Waals surface area contributed by atoms with Gasteiger partial charge in [-0.05, 0) is 5.56 Å². The van der Waals surface area contributed by atoms with Crippen molar-refractivity contribution in [1.29, 1.82) is 0 Å². The Morgan fingerprint density at radius 3 is 2.05 bits per heavy atom. The van der Waals surface area contributed by atoms with Gasteiger partial charge in [0.15, 0.2) is 9.84 Å². The molecule has 0 radical (unpaired) electrons. The summed E-state index contributed by atoms with van der Waals surface area (Å²) in [6.07, 6.45) is 0. The molecule has 106 valence electrons. The second-order valence-corrected chi connectivity index (χ2v) is 7.05. The number of benzene rings is 1. The Morgan fingerprint density at radius 2 is 1.58 bits per heavy atom. The SMILES string of the molecule is O=S1(=O)CCN(Cc2ccc([B-](F)(F)F)cc2)CC1. The van der Waals surface area contributed by atoms with E-state index in [0.29, 0.717) is 19.6 Å². The van der Waals surface area contributed by atoms with Gasteiger partial charge in [0.05, 0.1) is 11.5 Å². The fourth-order valence-electron chi connectivity index (χ4n) is 2.01. The summed E-state index contributed by atoms with van der Waals surface area (Å²) >= 11 is 0. The molecule has 1 aliphatic rings. The summed E-state index contributed by atoms with van der Waals surface area (Å²) in [5.74, 6) is 0.244. The monoisotopic (exact) mass is 292 g/mol. The van der Waals surface area contributed by atoms with E-state index in [-0.39, 0.29) is 11.5 Å². The van der Waals surface area contributed by atoms with Crippen LogP contribution in [0.4, 0.5) is 12.9 Å². The maximum atomic E-state index is 12.4. The van der Waals surface area contributed by atoms with Crippen LogP contribution in [0.5, 0.6) is 0 Å². The first-order chi connectivity index (χ1) is 8.76. The molecule has 3 nitrogen and oxygen atoms in total. The molecule has 1 heterocycles. The molecule has 8 heteroatoms. The molecule has 0 spiro atoms. The largest absolute Gasteiger partial charge is 0.509 e. The van der Waals surface area contributed by atoms with Crippen LogP contribution in [0, 0.1) is 0 Å². The van der Waals surface area contributed by atoms with Gasteiger partial charge in [-0.2, -0.15) is 0 Å². The van der Waals surface area contributed by atoms with Crippen LogP contribution in [-0.4, -0.2) is 44.9 Å². The van der Waals surface area contributed by atoms with Crippen LogP contribution in [-0.2, 0) is 16.4 Å². The smallest absolute Gasteiger partial charge is 0.445 e. The summed E-state index contributed by atoms with van der Waals surface area (Å²) in [7, 11) is -2.92. The highest BCUT2D eigenvalue weighted by Gasteiger charge is 2.25. The van der Waals surface area contributed by atoms with E-state index in [1.807, 2.05) is 4.90 Å². The van der Waals surface area contributed by atoms with Gasteiger partial charge >= 0.3 is 6.98 Å². The van der Waals surface area contributed by atoms with Crippen molar-refractivity contribution in [3.8, 4) is 0 Å². The minimum Gasteiger partial charge on any atom is -0.445 e. The van der Waals surface area contributed by atoms with E-state index in [1.54, 1.807) is 0 Å². The fourth-order valence-corrected chi connectivity index (χ4v) is 3.28. The average molecular weight is 292 g/mol. The lowest BCUT2D eigenvalue weighted by atomic mass is 9.80. The van der Waals surface area contributed by atoms with E-state index >= 15 is 0 Å². The summed E-state index contributed by atoms with van der Waals surface area (Å²) in [6, 6.07) is 5.06. The first-order valence-electron chi connectivity index (χ1n) is 5.98. The molecule has 1 aliphatic heterocycles. The molecule has 0 aliphatic carbocycles. The average Bonchev–Trinajstić information content (AvgIpc) is 2.31. The normalized spacial score (nSPS) is 20.4. The molecule has 0 unspecified atom stereocenters. The van der Waals surface area contributed by atoms with Gasteiger partial charge in [-0.3, -0.25) is 4.90 Å². The molecular weight excluding hydrogens is 278 g/mol. The first-order valence-corrected chi connectivity index (χ1v) is 7.80. The summed E-state index contributed by atoms with van der Waals surface area (Å²) in [5.41, 5.74) is 0.160. The Balaban J connectivity index is 1.97. The highest BCUT2D eigenvalue weighted by molar-refractivity contribution is 7.91. The summed E-state index contributed by atoms with van der Waals surface area (Å²) in [4.78, 5) is 1.94. The maximum absolute atomic E-state index is 12.4. The Kier molecular flexibility index (Phi) is 3.91. The quantitative estimate of drug-likeness (QED) is 0.779. The van der Waals surface area contributed by atoms with Crippen LogP contribution in [0.3, 0.4) is 0 Å². The van der Waals surface area contributed by atoms with Crippen molar-refractivity contribution in [3.63, 3.8) is 0 Å². The highest BCUT2D eigenvalue weighted by Crippen LogP contribution is 2.12. The maximum Gasteiger partial charge on any atom is 0.509 e. The van der Waals surface area contributed by atoms with E-state index in [0.717, 1.165) is 17.7 Å². The molecule has 1 saturated heterocycles. The van der Waals surface area contributed by atoms with Crippen LogP contribution >= 0.6 is 0 Å². The third-order valence-corrected chi connectivity index (χ3v) is 4.81. The van der Waals surface area contributed by atoms with Gasteiger partial charge in [0.25, 0.3) is 0 Å². The zero-order valence-corrected chi connectivity index (χ0v) is 11.0. The summed E-state index contributed by atoms with van der Waals surface area (Å²) in [5, 5.41) is 0. The Morgan fingerprint density at radius 1 is 1.05 bits per heavy atom. The van der Waals surface area contributed by atoms with Gasteiger partial charge in [0.2, 0.25) is 0 Å². The first kappa shape index (κ1) is 14.4. The highest BCUT2D eigenvalue weighted by atomic mass is 32.2. The molecular formula is C11H14BF3NO2S-. The van der Waals surface area contributed by atoms with Crippen molar-refractivity contribution in [1.82, 2.24) is 4.90 Å². The summed E-state index contributed by atoms with van der Waals surface area (Å²) in [6.45, 7) is -3.59. The molecule has 0 bridgehead atoms. The van der Waals surface area contributed by atoms with Gasteiger partial charge in [0.1, 0.15) is 0 Å². The molecule has 1 fully saturated rings. The van der Waals surface area contributed by atoms with Gasteiger partial charge in [-0.1, -0.05) is 24.3 Å². The fraction of sp³-hybridized carbons (Fsp3) is 0.455. The van der Waals surface area contributed by atoms with Crippen molar-refractivity contribution in [2.45, 2.75) is 6.54 Å². The van der Waals surface area contributed by atoms with Crippen LogP contribution in [0.1, 0.15) is 5.56 Å². The number of halogens is 3. The van der Waals surface area contributed by atoms with Crippen LogP contribution < -0.4 is 5.46 Å². The zero-order valence-electron chi connectivity index (χ0n) is 10.2. The molecule has 0 amide bonds. The van der Waals surface area contributed by atoms with E-state index in [9.17, 15) is 21.4 Å². The van der Waals surface area contributed by atoms with Crippen LogP contribution in [0.15, 0.2) is 24.3 Å². The predicted octanol–water partition coefficient (Wildman–Crippen LogP) is 0.971. The third-order valence-electron chi connectivity index (χ3n) is 3.20. The van der Waals surface area contributed by atoms with Crippen LogP contribution in [0.2, 0.25) is 0 Å². The van der Waals surface area contributed by atoms with Crippen molar-refractivity contribution in [2.75, 3.05) is 24.6 Å². The molecule has 19 heavy (non-hydrogen) atoms. The van der Waals surface area contributed by atoms with Crippen molar-refractivity contribution < 1.29 is 21.4 Å². The van der Waals surface area contributed by atoms with Gasteiger partial charge < -0.3 is 12.9 Å². The second kappa shape index (κ2) is 5.17. The summed E-state index contributed by atoms with van der Waals surface area (Å²) < 4.78 is 59.9. The number of hydrogen-bond donors (Lipinski definition) is 0. The van der Waals surface area contributed by atoms with Crippen molar-refractivity contribution in [2.24, 2.45) is 0 Å². The van der Waals surface area contributed by atoms with Gasteiger partial charge in [-0.15, -0.1) is 5.46 Å². The van der Waals surface area contributed by atoms with E-state index in [2.05, 4.69) is 0 Å². The molecule has 0 N–H and O–H groups in total. The molecule has 0 saturated carbocycles. The lowest BCUT2D eigenvalue weighted by Crippen LogP contribution is -2.39. The van der Waals surface area contributed by atoms with Crippen molar-refractivity contribution in [3.05, 3.63) is 29.8 Å². The van der Waals surface area contributed by atoms with Gasteiger partial charge in [-0.25, -0.2) is 8.42 Å². The number of nitrogens with zero attached hydrogens (tertiary/aromatic N) is 1. The lowest BCUT2D eigenvalue weighted by Gasteiger charge is -2.26. The van der Waals surface area contributed by atoms with E-state index < -0.39 is 22.3 Å². The molecule has 1 aromatic carbocycles. The minimum absolute atomic E-state index is 0.122. The number of rotatable bonds is 3. The minimum atomic E-state index is -4.95. The molecule has 1 aromatic rings. The zero-order chi connectivity index (χ0) is 14.1. The molecule has 0 atom stereocenters. The topological polar surface area (TPSA) is 37.4 Å². The van der Waals surface area contributed by atoms with Crippen LogP contribution in [0.25, 0.3) is 0 Å². The predicted molar refractivity (Wildman–Crippen MR) is 69.1 cm³/mol. The second-order valence-electron chi connectivity index (χ2n) is 4.74. The Hall–Kier alpha value is -1.02. The number of sulfone groups is 1. The molecule has 0 aromatic heterocycles. The van der Waals surface area contributed by atoms with Gasteiger partial charge in [0, 0.05) is 19.6 Å². The van der Waals surface area contributed by atoms with Crippen molar-refractivity contribution >= 4 is 22.3 Å². The lowest BCUT2D eigenvalue weighted by molar-refractivity contribution is 0.287. The third kappa shape index (κ3) is 3.97. The Bertz CT molecular complexity index is 528. The van der Waals surface area contributed by atoms with E-state index in [1.165, 1.54) is 12.1 Å². The van der Waals surface area contributed by atoms with E-state index in [4.69, 9.17) is 0 Å². The molecule has 2 rings (SSSR count).